The molecular formula is C20H20N2O3P+. The van der Waals surface area contributed by atoms with Gasteiger partial charge in [0, 0.05) is 17.1 Å². The SMILES string of the molecule is Cc1ccc(NC(=O)c2c([P+](=O)O)c(C)n(-c3ccccc3)c2C)cc1. The summed E-state index contributed by atoms with van der Waals surface area (Å²) in [6.45, 7) is 5.50. The van der Waals surface area contributed by atoms with Gasteiger partial charge in [-0.15, -0.1) is 0 Å². The summed E-state index contributed by atoms with van der Waals surface area (Å²) in [6.07, 6.45) is 0. The summed E-state index contributed by atoms with van der Waals surface area (Å²) in [5.74, 6) is -0.392. The van der Waals surface area contributed by atoms with Crippen LogP contribution in [-0.4, -0.2) is 15.4 Å². The van der Waals surface area contributed by atoms with E-state index >= 15 is 0 Å². The number of anilines is 1. The average Bonchev–Trinajstić information content (AvgIpc) is 2.88. The molecular weight excluding hydrogens is 347 g/mol. The third kappa shape index (κ3) is 3.32. The van der Waals surface area contributed by atoms with Gasteiger partial charge in [0.05, 0.1) is 5.69 Å². The fraction of sp³-hybridized carbons (Fsp3) is 0.150. The highest BCUT2D eigenvalue weighted by molar-refractivity contribution is 7.47. The summed E-state index contributed by atoms with van der Waals surface area (Å²) in [6, 6.07) is 16.9. The van der Waals surface area contributed by atoms with Crippen LogP contribution in [0.2, 0.25) is 0 Å². The third-order valence-corrected chi connectivity index (χ3v) is 5.28. The summed E-state index contributed by atoms with van der Waals surface area (Å²) in [5.41, 5.74) is 4.04. The Kier molecular flexibility index (Phi) is 5.03. The molecule has 0 saturated heterocycles. The van der Waals surface area contributed by atoms with E-state index in [-0.39, 0.29) is 10.9 Å². The quantitative estimate of drug-likeness (QED) is 0.685. The molecule has 1 unspecified atom stereocenters. The first-order chi connectivity index (χ1) is 12.4. The normalized spacial score (nSPS) is 11.3. The molecule has 1 heterocycles. The van der Waals surface area contributed by atoms with Gasteiger partial charge in [0.25, 0.3) is 11.2 Å². The van der Waals surface area contributed by atoms with Gasteiger partial charge in [-0.1, -0.05) is 35.9 Å². The number of nitrogens with zero attached hydrogens (tertiary/aromatic N) is 1. The van der Waals surface area contributed by atoms with Crippen LogP contribution < -0.4 is 10.6 Å². The van der Waals surface area contributed by atoms with Crippen molar-refractivity contribution in [2.75, 3.05) is 5.32 Å². The van der Waals surface area contributed by atoms with Crippen LogP contribution in [0.1, 0.15) is 27.3 Å². The van der Waals surface area contributed by atoms with Gasteiger partial charge >= 0.3 is 8.03 Å². The Morgan fingerprint density at radius 3 is 2.15 bits per heavy atom. The maximum atomic E-state index is 12.9. The molecule has 3 aromatic rings. The van der Waals surface area contributed by atoms with Crippen molar-refractivity contribution < 1.29 is 14.3 Å². The number of hydrogen-bond donors (Lipinski definition) is 2. The van der Waals surface area contributed by atoms with Crippen LogP contribution in [0.4, 0.5) is 5.69 Å². The zero-order valence-corrected chi connectivity index (χ0v) is 15.7. The molecule has 0 aliphatic carbocycles. The Bertz CT molecular complexity index is 977. The molecule has 0 spiro atoms. The number of aromatic nitrogens is 1. The van der Waals surface area contributed by atoms with Crippen LogP contribution in [0, 0.1) is 20.8 Å². The zero-order chi connectivity index (χ0) is 18.8. The predicted octanol–water partition coefficient (Wildman–Crippen LogP) is 4.01. The van der Waals surface area contributed by atoms with E-state index in [9.17, 15) is 14.3 Å². The highest BCUT2D eigenvalue weighted by Crippen LogP contribution is 2.28. The highest BCUT2D eigenvalue weighted by atomic mass is 31.1. The van der Waals surface area contributed by atoms with Crippen molar-refractivity contribution in [3.63, 3.8) is 0 Å². The molecule has 132 valence electrons. The molecule has 0 aliphatic rings. The molecule has 3 rings (SSSR count). The standard InChI is InChI=1S/C20H19N2O3P/c1-13-9-11-16(12-10-13)21-20(23)18-14(2)22(15(3)19(18)26(24)25)17-7-5-4-6-8-17/h4-12H,1-3H3,(H-,21,23,24,25)/p+1. The summed E-state index contributed by atoms with van der Waals surface area (Å²) in [7, 11) is -2.67. The lowest BCUT2D eigenvalue weighted by molar-refractivity contribution is 0.102. The molecule has 1 aromatic heterocycles. The third-order valence-electron chi connectivity index (χ3n) is 4.35. The first-order valence-corrected chi connectivity index (χ1v) is 9.43. The molecule has 1 atom stereocenters. The van der Waals surface area contributed by atoms with E-state index in [2.05, 4.69) is 5.32 Å². The van der Waals surface area contributed by atoms with Gasteiger partial charge < -0.3 is 9.88 Å². The second-order valence-corrected chi connectivity index (χ2v) is 7.15. The second-order valence-electron chi connectivity index (χ2n) is 6.16. The number of carbonyl (C=O) groups excluding carboxylic acids is 1. The Morgan fingerprint density at radius 2 is 1.58 bits per heavy atom. The molecule has 6 heteroatoms. The van der Waals surface area contributed by atoms with E-state index < -0.39 is 13.9 Å². The molecule has 2 N–H and O–H groups in total. The predicted molar refractivity (Wildman–Crippen MR) is 104 cm³/mol. The van der Waals surface area contributed by atoms with Gasteiger partial charge in [-0.2, -0.15) is 4.89 Å². The fourth-order valence-corrected chi connectivity index (χ4v) is 3.95. The van der Waals surface area contributed by atoms with E-state index in [1.54, 1.807) is 13.8 Å². The number of rotatable bonds is 4. The van der Waals surface area contributed by atoms with Crippen molar-refractivity contribution in [2.24, 2.45) is 0 Å². The molecule has 26 heavy (non-hydrogen) atoms. The van der Waals surface area contributed by atoms with E-state index in [1.165, 1.54) is 0 Å². The fourth-order valence-electron chi connectivity index (χ4n) is 3.12. The number of para-hydroxylation sites is 1. The van der Waals surface area contributed by atoms with Gasteiger partial charge in [0.15, 0.2) is 0 Å². The van der Waals surface area contributed by atoms with Gasteiger partial charge in [-0.05, 0) is 49.6 Å². The number of aryl methyl sites for hydroxylation is 1. The van der Waals surface area contributed by atoms with Crippen LogP contribution in [0.5, 0.6) is 0 Å². The average molecular weight is 367 g/mol. The second kappa shape index (κ2) is 7.24. The van der Waals surface area contributed by atoms with Gasteiger partial charge in [-0.3, -0.25) is 4.79 Å². The lowest BCUT2D eigenvalue weighted by Crippen LogP contribution is -2.19. The minimum absolute atomic E-state index is 0.172. The first-order valence-electron chi connectivity index (χ1n) is 8.21. The number of amides is 1. The maximum Gasteiger partial charge on any atom is 0.548 e. The van der Waals surface area contributed by atoms with Crippen LogP contribution >= 0.6 is 8.03 Å². The Balaban J connectivity index is 2.10. The van der Waals surface area contributed by atoms with E-state index in [4.69, 9.17) is 0 Å². The van der Waals surface area contributed by atoms with E-state index in [1.807, 2.05) is 66.1 Å². The van der Waals surface area contributed by atoms with Crippen LogP contribution in [0.15, 0.2) is 54.6 Å². The number of nitrogens with one attached hydrogen (secondary N) is 1. The molecule has 0 bridgehead atoms. The van der Waals surface area contributed by atoms with E-state index in [0.717, 1.165) is 11.3 Å². The van der Waals surface area contributed by atoms with Crippen LogP contribution in [-0.2, 0) is 4.57 Å². The molecule has 2 aromatic carbocycles. The number of carbonyl (C=O) groups is 1. The van der Waals surface area contributed by atoms with Crippen molar-refractivity contribution in [2.45, 2.75) is 20.8 Å². The molecule has 0 fully saturated rings. The Labute approximate surface area is 153 Å². The molecule has 0 saturated carbocycles. The van der Waals surface area contributed by atoms with Crippen LogP contribution in [0.3, 0.4) is 0 Å². The first kappa shape index (κ1) is 18.1. The van der Waals surface area contributed by atoms with Gasteiger partial charge in [0.2, 0.25) is 0 Å². The minimum atomic E-state index is -2.67. The Morgan fingerprint density at radius 1 is 0.962 bits per heavy atom. The topological polar surface area (TPSA) is 71.3 Å². The summed E-state index contributed by atoms with van der Waals surface area (Å²) < 4.78 is 13.8. The van der Waals surface area contributed by atoms with Crippen molar-refractivity contribution in [3.05, 3.63) is 77.1 Å². The summed E-state index contributed by atoms with van der Waals surface area (Å²) in [5, 5.41) is 2.99. The molecule has 1 amide bonds. The largest absolute Gasteiger partial charge is 0.548 e. The van der Waals surface area contributed by atoms with Crippen molar-refractivity contribution in [1.29, 1.82) is 0 Å². The smallest absolute Gasteiger partial charge is 0.322 e. The zero-order valence-electron chi connectivity index (χ0n) is 14.9. The van der Waals surface area contributed by atoms with Gasteiger partial charge in [-0.25, -0.2) is 0 Å². The van der Waals surface area contributed by atoms with Crippen molar-refractivity contribution >= 4 is 24.9 Å². The van der Waals surface area contributed by atoms with Crippen LogP contribution in [0.25, 0.3) is 5.69 Å². The summed E-state index contributed by atoms with van der Waals surface area (Å²) in [4.78, 5) is 22.7. The molecule has 0 aliphatic heterocycles. The van der Waals surface area contributed by atoms with Crippen molar-refractivity contribution in [3.8, 4) is 5.69 Å². The molecule has 0 radical (unpaired) electrons. The summed E-state index contributed by atoms with van der Waals surface area (Å²) >= 11 is 0. The lowest BCUT2D eigenvalue weighted by Gasteiger charge is -2.09. The monoisotopic (exact) mass is 367 g/mol. The number of benzene rings is 2. The highest BCUT2D eigenvalue weighted by Gasteiger charge is 2.35. The van der Waals surface area contributed by atoms with Gasteiger partial charge in [0.1, 0.15) is 5.56 Å². The van der Waals surface area contributed by atoms with E-state index in [0.29, 0.717) is 17.1 Å². The maximum absolute atomic E-state index is 12.9. The molecule has 5 nitrogen and oxygen atoms in total. The minimum Gasteiger partial charge on any atom is -0.322 e. The van der Waals surface area contributed by atoms with Crippen molar-refractivity contribution in [1.82, 2.24) is 4.57 Å². The number of hydrogen-bond acceptors (Lipinski definition) is 2. The Hall–Kier alpha value is -2.75. The lowest BCUT2D eigenvalue weighted by atomic mass is 10.2.